The molecular formula is C27H29ClN6O4. The standard InChI is InChI=1S/C27H29ClN6O4/c1-37-23-6-2-19(3-7-23)14-26(35)25-16-22(32-10-12-38-13-11-32)17-33(25)27(36)9-4-20-15-21(28)5-8-24(20)34-18-29-30-31-34/h2-9,15,18,22,25H,10-14,16-17H2,1H3/b9-4+/t22-,25-/m0/s1. The lowest BCUT2D eigenvalue weighted by atomic mass is 10.00. The van der Waals surface area contributed by atoms with Gasteiger partial charge < -0.3 is 14.4 Å². The van der Waals surface area contributed by atoms with Crippen LogP contribution in [-0.4, -0.2) is 93.7 Å². The van der Waals surface area contributed by atoms with Crippen molar-refractivity contribution in [3.8, 4) is 11.4 Å². The highest BCUT2D eigenvalue weighted by Gasteiger charge is 2.41. The Balaban J connectivity index is 1.37. The topological polar surface area (TPSA) is 103 Å². The third-order valence-electron chi connectivity index (χ3n) is 7.02. The summed E-state index contributed by atoms with van der Waals surface area (Å²) in [4.78, 5) is 31.1. The van der Waals surface area contributed by atoms with Gasteiger partial charge in [-0.3, -0.25) is 14.5 Å². The van der Waals surface area contributed by atoms with Gasteiger partial charge in [-0.2, -0.15) is 4.68 Å². The van der Waals surface area contributed by atoms with Gasteiger partial charge in [0.05, 0.1) is 32.1 Å². The van der Waals surface area contributed by atoms with Crippen molar-refractivity contribution in [1.82, 2.24) is 30.0 Å². The Morgan fingerprint density at radius 2 is 1.95 bits per heavy atom. The second kappa shape index (κ2) is 11.8. The van der Waals surface area contributed by atoms with E-state index in [1.165, 1.54) is 17.1 Å². The number of carbonyl (C=O) groups is 2. The highest BCUT2D eigenvalue weighted by Crippen LogP contribution is 2.27. The van der Waals surface area contributed by atoms with Crippen LogP contribution in [0.15, 0.2) is 54.9 Å². The van der Waals surface area contributed by atoms with E-state index in [0.717, 1.165) is 24.4 Å². The first-order chi connectivity index (χ1) is 18.5. The minimum atomic E-state index is -0.513. The van der Waals surface area contributed by atoms with Crippen LogP contribution in [-0.2, 0) is 20.7 Å². The van der Waals surface area contributed by atoms with Crippen molar-refractivity contribution in [2.24, 2.45) is 0 Å². The molecule has 0 saturated carbocycles. The van der Waals surface area contributed by atoms with Crippen LogP contribution >= 0.6 is 11.6 Å². The number of benzene rings is 2. The van der Waals surface area contributed by atoms with Gasteiger partial charge in [-0.1, -0.05) is 23.7 Å². The van der Waals surface area contributed by atoms with E-state index in [9.17, 15) is 9.59 Å². The third kappa shape index (κ3) is 5.93. The van der Waals surface area contributed by atoms with E-state index in [-0.39, 0.29) is 24.2 Å². The first kappa shape index (κ1) is 26.0. The summed E-state index contributed by atoms with van der Waals surface area (Å²) in [5.74, 6) is 0.528. The summed E-state index contributed by atoms with van der Waals surface area (Å²) in [5.41, 5.74) is 2.25. The lowest BCUT2D eigenvalue weighted by Gasteiger charge is -2.31. The molecule has 2 saturated heterocycles. The molecule has 5 rings (SSSR count). The molecule has 2 aliphatic heterocycles. The summed E-state index contributed by atoms with van der Waals surface area (Å²) >= 11 is 6.23. The second-order valence-electron chi connectivity index (χ2n) is 9.33. The van der Waals surface area contributed by atoms with Gasteiger partial charge >= 0.3 is 0 Å². The number of likely N-dealkylation sites (tertiary alicyclic amines) is 1. The number of Topliss-reactive ketones (excluding diaryl/α,β-unsaturated/α-hetero) is 1. The molecule has 2 aromatic carbocycles. The van der Waals surface area contributed by atoms with Crippen molar-refractivity contribution in [3.05, 3.63) is 71.0 Å². The first-order valence-corrected chi connectivity index (χ1v) is 12.9. The number of hydrogen-bond donors (Lipinski definition) is 0. The summed E-state index contributed by atoms with van der Waals surface area (Å²) in [6.45, 7) is 3.38. The number of ketones is 1. The van der Waals surface area contributed by atoms with E-state index in [0.29, 0.717) is 42.5 Å². The van der Waals surface area contributed by atoms with Gasteiger partial charge in [-0.15, -0.1) is 5.10 Å². The largest absolute Gasteiger partial charge is 0.497 e. The number of amides is 1. The molecule has 1 amide bonds. The minimum absolute atomic E-state index is 0.0183. The fraction of sp³-hybridized carbons (Fsp3) is 0.370. The van der Waals surface area contributed by atoms with Gasteiger partial charge in [0.15, 0.2) is 5.78 Å². The molecule has 2 aliphatic rings. The van der Waals surface area contributed by atoms with Crippen LogP contribution in [0.1, 0.15) is 17.5 Å². The smallest absolute Gasteiger partial charge is 0.247 e. The van der Waals surface area contributed by atoms with Gasteiger partial charge in [0, 0.05) is 48.8 Å². The Kier molecular flexibility index (Phi) is 8.11. The molecule has 2 atom stereocenters. The van der Waals surface area contributed by atoms with Crippen LogP contribution < -0.4 is 4.74 Å². The molecule has 0 aliphatic carbocycles. The number of ether oxygens (including phenoxy) is 2. The average molecular weight is 537 g/mol. The van der Waals surface area contributed by atoms with Crippen LogP contribution in [0.5, 0.6) is 5.75 Å². The fourth-order valence-corrected chi connectivity index (χ4v) is 5.21. The number of methoxy groups -OCH3 is 1. The minimum Gasteiger partial charge on any atom is -0.497 e. The number of halogens is 1. The zero-order valence-corrected chi connectivity index (χ0v) is 21.8. The Morgan fingerprint density at radius 3 is 2.66 bits per heavy atom. The van der Waals surface area contributed by atoms with Gasteiger partial charge in [-0.05, 0) is 58.8 Å². The predicted octanol–water partition coefficient (Wildman–Crippen LogP) is 2.45. The normalized spacial score (nSPS) is 20.2. The second-order valence-corrected chi connectivity index (χ2v) is 9.76. The van der Waals surface area contributed by atoms with Crippen molar-refractivity contribution < 1.29 is 19.1 Å². The van der Waals surface area contributed by atoms with Crippen LogP contribution in [0.4, 0.5) is 0 Å². The summed E-state index contributed by atoms with van der Waals surface area (Å²) in [6.07, 6.45) is 5.51. The van der Waals surface area contributed by atoms with Crippen molar-refractivity contribution >= 4 is 29.4 Å². The number of carbonyl (C=O) groups excluding carboxylic acids is 2. The maximum absolute atomic E-state index is 13.5. The number of rotatable bonds is 8. The highest BCUT2D eigenvalue weighted by atomic mass is 35.5. The Morgan fingerprint density at radius 1 is 1.16 bits per heavy atom. The highest BCUT2D eigenvalue weighted by molar-refractivity contribution is 6.30. The summed E-state index contributed by atoms with van der Waals surface area (Å²) in [5, 5.41) is 11.8. The van der Waals surface area contributed by atoms with E-state index in [1.807, 2.05) is 24.3 Å². The molecular weight excluding hydrogens is 508 g/mol. The molecule has 0 spiro atoms. The van der Waals surface area contributed by atoms with Crippen LogP contribution in [0.3, 0.4) is 0 Å². The molecule has 1 aromatic heterocycles. The van der Waals surface area contributed by atoms with Gasteiger partial charge in [0.1, 0.15) is 12.1 Å². The summed E-state index contributed by atoms with van der Waals surface area (Å²) in [7, 11) is 1.61. The number of aromatic nitrogens is 4. The summed E-state index contributed by atoms with van der Waals surface area (Å²) in [6, 6.07) is 12.3. The van der Waals surface area contributed by atoms with E-state index in [1.54, 1.807) is 36.3 Å². The molecule has 2 fully saturated rings. The molecule has 0 radical (unpaired) electrons. The van der Waals surface area contributed by atoms with Gasteiger partial charge in [0.25, 0.3) is 0 Å². The predicted molar refractivity (Wildman–Crippen MR) is 141 cm³/mol. The maximum Gasteiger partial charge on any atom is 0.247 e. The molecule has 0 unspecified atom stereocenters. The average Bonchev–Trinajstić information content (AvgIpc) is 3.64. The Hall–Kier alpha value is -3.60. The molecule has 3 heterocycles. The molecule has 198 valence electrons. The third-order valence-corrected chi connectivity index (χ3v) is 7.26. The Labute approximate surface area is 225 Å². The van der Waals surface area contributed by atoms with Crippen molar-refractivity contribution in [2.45, 2.75) is 24.9 Å². The maximum atomic E-state index is 13.5. The van der Waals surface area contributed by atoms with E-state index in [4.69, 9.17) is 21.1 Å². The van der Waals surface area contributed by atoms with Gasteiger partial charge in [-0.25, -0.2) is 0 Å². The van der Waals surface area contributed by atoms with E-state index < -0.39 is 6.04 Å². The van der Waals surface area contributed by atoms with Crippen LogP contribution in [0.25, 0.3) is 11.8 Å². The molecule has 11 heteroatoms. The number of hydrogen-bond acceptors (Lipinski definition) is 8. The number of nitrogens with zero attached hydrogens (tertiary/aromatic N) is 6. The molecule has 38 heavy (non-hydrogen) atoms. The molecule has 10 nitrogen and oxygen atoms in total. The number of morpholine rings is 1. The SMILES string of the molecule is COc1ccc(CC(=O)[C@@H]2C[C@H](N3CCOCC3)CN2C(=O)/C=C/c2cc(Cl)ccc2-n2cnnn2)cc1. The molecule has 0 bridgehead atoms. The lowest BCUT2D eigenvalue weighted by Crippen LogP contribution is -2.45. The van der Waals surface area contributed by atoms with Gasteiger partial charge in [0.2, 0.25) is 5.91 Å². The van der Waals surface area contributed by atoms with E-state index >= 15 is 0 Å². The summed E-state index contributed by atoms with van der Waals surface area (Å²) < 4.78 is 12.2. The number of tetrazole rings is 1. The van der Waals surface area contributed by atoms with Crippen LogP contribution in [0, 0.1) is 0 Å². The lowest BCUT2D eigenvalue weighted by molar-refractivity contribution is -0.133. The quantitative estimate of drug-likeness (QED) is 0.405. The fourth-order valence-electron chi connectivity index (χ4n) is 5.03. The van der Waals surface area contributed by atoms with E-state index in [2.05, 4.69) is 20.4 Å². The monoisotopic (exact) mass is 536 g/mol. The molecule has 3 aromatic rings. The molecule has 0 N–H and O–H groups in total. The van der Waals surface area contributed by atoms with Crippen molar-refractivity contribution in [1.29, 1.82) is 0 Å². The Bertz CT molecular complexity index is 1290. The van der Waals surface area contributed by atoms with Crippen LogP contribution in [0.2, 0.25) is 5.02 Å². The van der Waals surface area contributed by atoms with Crippen molar-refractivity contribution in [3.63, 3.8) is 0 Å². The zero-order chi connectivity index (χ0) is 26.5. The van der Waals surface area contributed by atoms with Crippen molar-refractivity contribution in [2.75, 3.05) is 40.0 Å². The first-order valence-electron chi connectivity index (χ1n) is 12.5. The zero-order valence-electron chi connectivity index (χ0n) is 21.1.